The number of piperazine rings is 1. The molecule has 1 saturated heterocycles. The van der Waals surface area contributed by atoms with Crippen LogP contribution < -0.4 is 0 Å². The number of hydrogen-bond acceptors (Lipinski definition) is 4. The Kier molecular flexibility index (Phi) is 5.55. The molecule has 0 N–H and O–H groups in total. The lowest BCUT2D eigenvalue weighted by atomic mass is 10.2. The Balaban J connectivity index is 2.51. The summed E-state index contributed by atoms with van der Waals surface area (Å²) in [5, 5.41) is 0. The van der Waals surface area contributed by atoms with Crippen molar-refractivity contribution in [3.05, 3.63) is 0 Å². The summed E-state index contributed by atoms with van der Waals surface area (Å²) in [6.07, 6.45) is 0. The van der Waals surface area contributed by atoms with E-state index in [-0.39, 0.29) is 24.2 Å². The first-order chi connectivity index (χ1) is 8.38. The average molecular weight is 278 g/mol. The number of ether oxygens (including phenoxy) is 1. The van der Waals surface area contributed by atoms with Gasteiger partial charge in [-0.1, -0.05) is 13.8 Å². The van der Waals surface area contributed by atoms with Crippen LogP contribution in [0.3, 0.4) is 0 Å². The van der Waals surface area contributed by atoms with Crippen molar-refractivity contribution in [2.45, 2.75) is 13.8 Å². The van der Waals surface area contributed by atoms with Crippen molar-refractivity contribution >= 4 is 15.9 Å². The van der Waals surface area contributed by atoms with Crippen molar-refractivity contribution in [3.8, 4) is 0 Å². The number of carbonyl (C=O) groups is 1. The third kappa shape index (κ3) is 3.93. The molecule has 0 aliphatic carbocycles. The van der Waals surface area contributed by atoms with E-state index in [2.05, 4.69) is 0 Å². The summed E-state index contributed by atoms with van der Waals surface area (Å²) >= 11 is 0. The van der Waals surface area contributed by atoms with Crippen molar-refractivity contribution in [1.82, 2.24) is 9.21 Å². The third-order valence-corrected chi connectivity index (χ3v) is 4.82. The molecule has 106 valence electrons. The second kappa shape index (κ2) is 6.49. The first kappa shape index (κ1) is 15.4. The van der Waals surface area contributed by atoms with Crippen molar-refractivity contribution in [1.29, 1.82) is 0 Å². The van der Waals surface area contributed by atoms with E-state index in [1.165, 1.54) is 11.4 Å². The number of sulfonamides is 1. The zero-order chi connectivity index (χ0) is 13.8. The molecule has 0 bridgehead atoms. The van der Waals surface area contributed by atoms with Gasteiger partial charge in [-0.05, 0) is 0 Å². The minimum Gasteiger partial charge on any atom is -0.384 e. The maximum absolute atomic E-state index is 11.9. The Morgan fingerprint density at radius 3 is 2.22 bits per heavy atom. The lowest BCUT2D eigenvalue weighted by molar-refractivity contribution is -0.135. The highest BCUT2D eigenvalue weighted by Crippen LogP contribution is 2.10. The zero-order valence-electron chi connectivity index (χ0n) is 11.3. The van der Waals surface area contributed by atoms with Crippen LogP contribution >= 0.6 is 0 Å². The Labute approximate surface area is 109 Å². The standard InChI is InChI=1S/C11H22N2O4S/c1-10(2)11(14)12-4-6-13(7-5-12)18(15,16)9-8-17-3/h10H,4-9H2,1-3H3. The number of hydrogen-bond donors (Lipinski definition) is 0. The Morgan fingerprint density at radius 1 is 1.22 bits per heavy atom. The quantitative estimate of drug-likeness (QED) is 0.696. The third-order valence-electron chi connectivity index (χ3n) is 2.98. The second-order valence-electron chi connectivity index (χ2n) is 4.69. The summed E-state index contributed by atoms with van der Waals surface area (Å²) in [4.78, 5) is 13.5. The van der Waals surface area contributed by atoms with E-state index >= 15 is 0 Å². The molecule has 0 unspecified atom stereocenters. The minimum atomic E-state index is -3.24. The van der Waals surface area contributed by atoms with Gasteiger partial charge >= 0.3 is 0 Å². The largest absolute Gasteiger partial charge is 0.384 e. The van der Waals surface area contributed by atoms with Crippen LogP contribution in [-0.2, 0) is 19.6 Å². The monoisotopic (exact) mass is 278 g/mol. The summed E-state index contributed by atoms with van der Waals surface area (Å²) in [5.74, 6) is 0.0485. The predicted octanol–water partition coefficient (Wildman–Crippen LogP) is -0.237. The first-order valence-electron chi connectivity index (χ1n) is 6.14. The SMILES string of the molecule is COCCS(=O)(=O)N1CCN(C(=O)C(C)C)CC1. The van der Waals surface area contributed by atoms with Crippen molar-refractivity contribution in [2.24, 2.45) is 5.92 Å². The molecule has 1 fully saturated rings. The van der Waals surface area contributed by atoms with Crippen molar-refractivity contribution < 1.29 is 17.9 Å². The first-order valence-corrected chi connectivity index (χ1v) is 7.75. The van der Waals surface area contributed by atoms with Gasteiger partial charge < -0.3 is 9.64 Å². The molecule has 1 aliphatic rings. The maximum Gasteiger partial charge on any atom is 0.225 e. The van der Waals surface area contributed by atoms with Gasteiger partial charge in [0.2, 0.25) is 15.9 Å². The van der Waals surface area contributed by atoms with E-state index in [1.807, 2.05) is 13.8 Å². The molecule has 1 aliphatic heterocycles. The van der Waals surface area contributed by atoms with Gasteiger partial charge in [-0.2, -0.15) is 4.31 Å². The van der Waals surface area contributed by atoms with Crippen LogP contribution in [0.25, 0.3) is 0 Å². The van der Waals surface area contributed by atoms with E-state index in [9.17, 15) is 13.2 Å². The number of carbonyl (C=O) groups excluding carboxylic acids is 1. The van der Waals surface area contributed by atoms with Crippen LogP contribution in [-0.4, -0.2) is 69.2 Å². The molecule has 0 spiro atoms. The maximum atomic E-state index is 11.9. The highest BCUT2D eigenvalue weighted by Gasteiger charge is 2.29. The molecule has 1 rings (SSSR count). The molecule has 0 aromatic rings. The molecule has 0 aromatic carbocycles. The topological polar surface area (TPSA) is 66.9 Å². The van der Waals surface area contributed by atoms with Gasteiger partial charge in [-0.3, -0.25) is 4.79 Å². The summed E-state index contributed by atoms with van der Waals surface area (Å²) in [6, 6.07) is 0. The number of methoxy groups -OCH3 is 1. The molecule has 0 saturated carbocycles. The van der Waals surface area contributed by atoms with Crippen LogP contribution in [0, 0.1) is 5.92 Å². The summed E-state index contributed by atoms with van der Waals surface area (Å²) in [6.45, 7) is 5.61. The molecular weight excluding hydrogens is 256 g/mol. The van der Waals surface area contributed by atoms with E-state index in [1.54, 1.807) is 4.90 Å². The number of amides is 1. The Hall–Kier alpha value is -0.660. The molecule has 0 aromatic heterocycles. The molecule has 1 heterocycles. The highest BCUT2D eigenvalue weighted by molar-refractivity contribution is 7.89. The highest BCUT2D eigenvalue weighted by atomic mass is 32.2. The van der Waals surface area contributed by atoms with Crippen LogP contribution in [0.5, 0.6) is 0 Å². The second-order valence-corrected chi connectivity index (χ2v) is 6.78. The van der Waals surface area contributed by atoms with Gasteiger partial charge in [0.25, 0.3) is 0 Å². The van der Waals surface area contributed by atoms with Gasteiger partial charge in [0.05, 0.1) is 12.4 Å². The number of rotatable bonds is 5. The fourth-order valence-electron chi connectivity index (χ4n) is 1.87. The van der Waals surface area contributed by atoms with Crippen molar-refractivity contribution in [3.63, 3.8) is 0 Å². The van der Waals surface area contributed by atoms with Gasteiger partial charge in [0.15, 0.2) is 0 Å². The lowest BCUT2D eigenvalue weighted by Gasteiger charge is -2.34. The molecule has 0 atom stereocenters. The molecule has 6 nitrogen and oxygen atoms in total. The van der Waals surface area contributed by atoms with Crippen LogP contribution in [0.2, 0.25) is 0 Å². The van der Waals surface area contributed by atoms with E-state index in [0.29, 0.717) is 26.2 Å². The molecule has 0 radical (unpaired) electrons. The van der Waals surface area contributed by atoms with Crippen LogP contribution in [0.1, 0.15) is 13.8 Å². The smallest absolute Gasteiger partial charge is 0.225 e. The van der Waals surface area contributed by atoms with Gasteiger partial charge in [-0.25, -0.2) is 8.42 Å². The minimum absolute atomic E-state index is 0.00161. The molecular formula is C11H22N2O4S. The predicted molar refractivity (Wildman–Crippen MR) is 68.7 cm³/mol. The fraction of sp³-hybridized carbons (Fsp3) is 0.909. The van der Waals surface area contributed by atoms with Gasteiger partial charge in [0.1, 0.15) is 0 Å². The van der Waals surface area contributed by atoms with E-state index in [4.69, 9.17) is 4.74 Å². The van der Waals surface area contributed by atoms with Crippen molar-refractivity contribution in [2.75, 3.05) is 45.6 Å². The Morgan fingerprint density at radius 2 is 1.78 bits per heavy atom. The van der Waals surface area contributed by atoms with E-state index in [0.717, 1.165) is 0 Å². The molecule has 7 heteroatoms. The lowest BCUT2D eigenvalue weighted by Crippen LogP contribution is -2.52. The zero-order valence-corrected chi connectivity index (χ0v) is 12.1. The fourth-order valence-corrected chi connectivity index (χ4v) is 3.22. The molecule has 18 heavy (non-hydrogen) atoms. The summed E-state index contributed by atoms with van der Waals surface area (Å²) in [7, 11) is -1.76. The van der Waals surface area contributed by atoms with Gasteiger partial charge in [-0.15, -0.1) is 0 Å². The van der Waals surface area contributed by atoms with Gasteiger partial charge in [0, 0.05) is 39.2 Å². The summed E-state index contributed by atoms with van der Waals surface area (Å²) in [5.41, 5.74) is 0. The van der Waals surface area contributed by atoms with Crippen LogP contribution in [0.4, 0.5) is 0 Å². The average Bonchev–Trinajstić information content (AvgIpc) is 2.35. The molecule has 1 amide bonds. The Bertz CT molecular complexity index is 373. The normalized spacial score (nSPS) is 18.3. The van der Waals surface area contributed by atoms with E-state index < -0.39 is 10.0 Å². The number of nitrogens with zero attached hydrogens (tertiary/aromatic N) is 2. The van der Waals surface area contributed by atoms with Crippen LogP contribution in [0.15, 0.2) is 0 Å². The summed E-state index contributed by atoms with van der Waals surface area (Å²) < 4.78 is 30.0.